The number of hydrogen-bond donors (Lipinski definition) is 2. The van der Waals surface area contributed by atoms with Crippen molar-refractivity contribution in [3.05, 3.63) is 66.5 Å². The first-order chi connectivity index (χ1) is 14.7. The minimum atomic E-state index is 0. The summed E-state index contributed by atoms with van der Waals surface area (Å²) < 4.78 is 1.79. The number of anilines is 3. The molecule has 3 aromatic heterocycles. The average Bonchev–Trinajstić information content (AvgIpc) is 3.43. The van der Waals surface area contributed by atoms with Gasteiger partial charge in [-0.15, -0.1) is 12.4 Å². The molecule has 4 heterocycles. The summed E-state index contributed by atoms with van der Waals surface area (Å²) in [4.78, 5) is 11.7. The van der Waals surface area contributed by atoms with Crippen LogP contribution in [0.1, 0.15) is 25.3 Å². The Bertz CT molecular complexity index is 1190. The summed E-state index contributed by atoms with van der Waals surface area (Å²) >= 11 is 0. The fraction of sp³-hybridized carbons (Fsp3) is 0.261. The maximum absolute atomic E-state index is 5.82. The number of fused-ring (bicyclic) bond motifs is 1. The standard InChI is InChI=1S/C23H25N7.ClH/c1-16-5-4-11-29(16)22-9-3-8-21(27-22)26-20-14-19(28-30-12-10-25-23(20)30)18-7-2-6-17(13-18)15-24;/h2-3,6-10,12-14,16H,4-5,11,15,24H2,1H3,(H,26,27);1H. The van der Waals surface area contributed by atoms with Gasteiger partial charge in [-0.3, -0.25) is 0 Å². The fourth-order valence-electron chi connectivity index (χ4n) is 4.07. The van der Waals surface area contributed by atoms with Crippen molar-refractivity contribution in [2.75, 3.05) is 16.8 Å². The van der Waals surface area contributed by atoms with Gasteiger partial charge in [-0.1, -0.05) is 24.3 Å². The van der Waals surface area contributed by atoms with E-state index in [2.05, 4.69) is 34.3 Å². The van der Waals surface area contributed by atoms with Crippen LogP contribution in [0.25, 0.3) is 16.9 Å². The molecular weight excluding hydrogens is 410 g/mol. The van der Waals surface area contributed by atoms with Crippen molar-refractivity contribution >= 4 is 35.4 Å². The highest BCUT2D eigenvalue weighted by Crippen LogP contribution is 2.28. The molecule has 5 rings (SSSR count). The highest BCUT2D eigenvalue weighted by Gasteiger charge is 2.21. The second-order valence-corrected chi connectivity index (χ2v) is 7.73. The fourth-order valence-corrected chi connectivity index (χ4v) is 4.07. The molecular formula is C23H26ClN7. The second-order valence-electron chi connectivity index (χ2n) is 7.73. The van der Waals surface area contributed by atoms with Crippen LogP contribution in [0.4, 0.5) is 17.3 Å². The summed E-state index contributed by atoms with van der Waals surface area (Å²) in [6, 6.07) is 16.8. The lowest BCUT2D eigenvalue weighted by atomic mass is 10.1. The van der Waals surface area contributed by atoms with Gasteiger partial charge in [0.2, 0.25) is 0 Å². The second kappa shape index (κ2) is 8.91. The van der Waals surface area contributed by atoms with Crippen molar-refractivity contribution in [2.24, 2.45) is 5.73 Å². The minimum absolute atomic E-state index is 0. The largest absolute Gasteiger partial charge is 0.354 e. The molecule has 0 saturated carbocycles. The number of imidazole rings is 1. The molecule has 7 nitrogen and oxygen atoms in total. The Labute approximate surface area is 187 Å². The van der Waals surface area contributed by atoms with Gasteiger partial charge < -0.3 is 16.0 Å². The van der Waals surface area contributed by atoms with Gasteiger partial charge in [0, 0.05) is 37.1 Å². The van der Waals surface area contributed by atoms with Crippen molar-refractivity contribution in [3.63, 3.8) is 0 Å². The molecule has 1 saturated heterocycles. The van der Waals surface area contributed by atoms with Gasteiger partial charge in [0.05, 0.1) is 11.4 Å². The van der Waals surface area contributed by atoms with E-state index in [1.165, 1.54) is 12.8 Å². The molecule has 0 amide bonds. The lowest BCUT2D eigenvalue weighted by molar-refractivity contribution is 0.727. The molecule has 0 spiro atoms. The Balaban J connectivity index is 0.00000231. The van der Waals surface area contributed by atoms with E-state index in [0.717, 1.165) is 46.3 Å². The van der Waals surface area contributed by atoms with E-state index < -0.39 is 0 Å². The SMILES string of the molecule is CC1CCCN1c1cccc(Nc2cc(-c3cccc(CN)c3)nn3ccnc23)n1.Cl. The van der Waals surface area contributed by atoms with Crippen LogP contribution in [-0.4, -0.2) is 32.2 Å². The van der Waals surface area contributed by atoms with E-state index in [-0.39, 0.29) is 12.4 Å². The lowest BCUT2D eigenvalue weighted by Crippen LogP contribution is -2.27. The molecule has 1 aromatic carbocycles. The van der Waals surface area contributed by atoms with Crippen LogP contribution in [-0.2, 0) is 6.54 Å². The van der Waals surface area contributed by atoms with Crippen molar-refractivity contribution < 1.29 is 0 Å². The topological polar surface area (TPSA) is 84.4 Å². The van der Waals surface area contributed by atoms with Gasteiger partial charge in [-0.25, -0.2) is 14.5 Å². The lowest BCUT2D eigenvalue weighted by Gasteiger charge is -2.23. The van der Waals surface area contributed by atoms with Crippen LogP contribution in [0.5, 0.6) is 0 Å². The van der Waals surface area contributed by atoms with E-state index in [9.17, 15) is 0 Å². The van der Waals surface area contributed by atoms with Crippen LogP contribution >= 0.6 is 12.4 Å². The first kappa shape index (κ1) is 21.1. The summed E-state index contributed by atoms with van der Waals surface area (Å²) in [5.41, 5.74) is 10.4. The highest BCUT2D eigenvalue weighted by atomic mass is 35.5. The monoisotopic (exact) mass is 435 g/mol. The van der Waals surface area contributed by atoms with E-state index >= 15 is 0 Å². The van der Waals surface area contributed by atoms with Crippen molar-refractivity contribution in [3.8, 4) is 11.3 Å². The Morgan fingerprint density at radius 3 is 2.84 bits per heavy atom. The van der Waals surface area contributed by atoms with Gasteiger partial charge in [0.1, 0.15) is 11.6 Å². The van der Waals surface area contributed by atoms with Crippen LogP contribution < -0.4 is 16.0 Å². The molecule has 1 aliphatic rings. The first-order valence-corrected chi connectivity index (χ1v) is 10.4. The summed E-state index contributed by atoms with van der Waals surface area (Å²) in [6.45, 7) is 3.81. The molecule has 0 bridgehead atoms. The van der Waals surface area contributed by atoms with E-state index in [1.54, 1.807) is 10.7 Å². The summed E-state index contributed by atoms with van der Waals surface area (Å²) in [5.74, 6) is 1.80. The molecule has 1 unspecified atom stereocenters. The minimum Gasteiger partial charge on any atom is -0.354 e. The quantitative estimate of drug-likeness (QED) is 0.483. The predicted molar refractivity (Wildman–Crippen MR) is 127 cm³/mol. The Morgan fingerprint density at radius 2 is 2.03 bits per heavy atom. The number of nitrogens with two attached hydrogens (primary N) is 1. The molecule has 160 valence electrons. The van der Waals surface area contributed by atoms with E-state index in [0.29, 0.717) is 12.6 Å². The molecule has 8 heteroatoms. The first-order valence-electron chi connectivity index (χ1n) is 10.4. The molecule has 4 aromatic rings. The number of hydrogen-bond acceptors (Lipinski definition) is 6. The zero-order chi connectivity index (χ0) is 20.5. The molecule has 0 aliphatic carbocycles. The van der Waals surface area contributed by atoms with Crippen molar-refractivity contribution in [2.45, 2.75) is 32.4 Å². The maximum atomic E-state index is 5.82. The number of nitrogens with one attached hydrogen (secondary N) is 1. The molecule has 1 fully saturated rings. The Kier molecular flexibility index (Phi) is 6.06. The molecule has 0 radical (unpaired) electrons. The van der Waals surface area contributed by atoms with Crippen LogP contribution in [0, 0.1) is 0 Å². The predicted octanol–water partition coefficient (Wildman–Crippen LogP) is 4.40. The van der Waals surface area contributed by atoms with E-state index in [1.807, 2.05) is 42.6 Å². The zero-order valence-corrected chi connectivity index (χ0v) is 18.2. The van der Waals surface area contributed by atoms with Gasteiger partial charge in [0.25, 0.3) is 0 Å². The number of rotatable bonds is 5. The van der Waals surface area contributed by atoms with Crippen LogP contribution in [0.15, 0.2) is 60.9 Å². The highest BCUT2D eigenvalue weighted by molar-refractivity contribution is 5.85. The van der Waals surface area contributed by atoms with E-state index in [4.69, 9.17) is 15.8 Å². The number of aromatic nitrogens is 4. The summed E-state index contributed by atoms with van der Waals surface area (Å²) in [6.07, 6.45) is 6.03. The van der Waals surface area contributed by atoms with Crippen molar-refractivity contribution in [1.82, 2.24) is 19.6 Å². The van der Waals surface area contributed by atoms with Crippen LogP contribution in [0.2, 0.25) is 0 Å². The third kappa shape index (κ3) is 4.19. The van der Waals surface area contributed by atoms with Gasteiger partial charge in [-0.2, -0.15) is 5.10 Å². The van der Waals surface area contributed by atoms with Gasteiger partial charge in [0.15, 0.2) is 5.65 Å². The smallest absolute Gasteiger partial charge is 0.177 e. The number of nitrogens with zero attached hydrogens (tertiary/aromatic N) is 5. The number of benzene rings is 1. The third-order valence-corrected chi connectivity index (χ3v) is 5.66. The number of halogens is 1. The number of pyridine rings is 1. The van der Waals surface area contributed by atoms with Gasteiger partial charge >= 0.3 is 0 Å². The Hall–Kier alpha value is -3.16. The molecule has 3 N–H and O–H groups in total. The summed E-state index contributed by atoms with van der Waals surface area (Å²) in [5, 5.41) is 8.18. The molecule has 31 heavy (non-hydrogen) atoms. The zero-order valence-electron chi connectivity index (χ0n) is 17.4. The van der Waals surface area contributed by atoms with Gasteiger partial charge in [-0.05, 0) is 49.6 Å². The summed E-state index contributed by atoms with van der Waals surface area (Å²) in [7, 11) is 0. The third-order valence-electron chi connectivity index (χ3n) is 5.66. The van der Waals surface area contributed by atoms with Crippen molar-refractivity contribution in [1.29, 1.82) is 0 Å². The molecule has 1 aliphatic heterocycles. The normalized spacial score (nSPS) is 15.8. The van der Waals surface area contributed by atoms with Crippen LogP contribution in [0.3, 0.4) is 0 Å². The Morgan fingerprint density at radius 1 is 1.16 bits per heavy atom. The maximum Gasteiger partial charge on any atom is 0.177 e. The average molecular weight is 436 g/mol. The molecule has 1 atom stereocenters.